The van der Waals surface area contributed by atoms with Crippen molar-refractivity contribution in [2.24, 2.45) is 0 Å². The number of hydrogen-bond acceptors (Lipinski definition) is 2. The topological polar surface area (TPSA) is 42.0 Å². The minimum absolute atomic E-state index is 0.0666. The van der Waals surface area contributed by atoms with Crippen LogP contribution in [-0.4, -0.2) is 19.0 Å². The molecule has 0 atom stereocenters. The second-order valence-corrected chi connectivity index (χ2v) is 10.8. The molecule has 16 heavy (non-hydrogen) atoms. The number of nitrogens with zero attached hydrogens (tertiary/aromatic N) is 1. The average Bonchev–Trinajstić information content (AvgIpc) is 2.17. The molecule has 0 radical (unpaired) electrons. The van der Waals surface area contributed by atoms with E-state index in [0.717, 1.165) is 6.42 Å². The first-order chi connectivity index (χ1) is 7.47. The van der Waals surface area contributed by atoms with Crippen molar-refractivity contribution in [1.82, 2.24) is 4.98 Å². The molecule has 1 amide bonds. The lowest BCUT2D eigenvalue weighted by molar-refractivity contribution is -0.116. The number of pyridine rings is 1. The Morgan fingerprint density at radius 1 is 1.38 bits per heavy atom. The molecule has 1 N–H and O–H groups in total. The van der Waals surface area contributed by atoms with Crippen LogP contribution in [0.1, 0.15) is 12.8 Å². The normalized spacial score (nSPS) is 11.2. The zero-order chi connectivity index (χ0) is 12.0. The van der Waals surface area contributed by atoms with Crippen LogP contribution >= 0.6 is 0 Å². The molecule has 88 valence electrons. The second kappa shape index (κ2) is 5.79. The van der Waals surface area contributed by atoms with Crippen LogP contribution in [0.3, 0.4) is 0 Å². The summed E-state index contributed by atoms with van der Waals surface area (Å²) in [6.07, 6.45) is 3.26. The number of amides is 1. The molecule has 0 unspecified atom stereocenters. The Labute approximate surface area is 98.3 Å². The lowest BCUT2D eigenvalue weighted by atomic mass is 10.3. The van der Waals surface area contributed by atoms with Crippen LogP contribution in [0.4, 0.5) is 5.82 Å². The quantitative estimate of drug-likeness (QED) is 0.798. The summed E-state index contributed by atoms with van der Waals surface area (Å²) in [5.74, 6) is 0.706. The van der Waals surface area contributed by atoms with Gasteiger partial charge in [-0.25, -0.2) is 4.98 Å². The van der Waals surface area contributed by atoms with Gasteiger partial charge in [-0.15, -0.1) is 0 Å². The van der Waals surface area contributed by atoms with Gasteiger partial charge in [-0.1, -0.05) is 31.8 Å². The van der Waals surface area contributed by atoms with Gasteiger partial charge < -0.3 is 5.32 Å². The third-order valence-electron chi connectivity index (χ3n) is 2.26. The van der Waals surface area contributed by atoms with Crippen LogP contribution in [0.2, 0.25) is 25.7 Å². The molecule has 0 aliphatic carbocycles. The monoisotopic (exact) mass is 236 g/mol. The molecule has 0 bridgehead atoms. The van der Waals surface area contributed by atoms with Crippen molar-refractivity contribution in [2.45, 2.75) is 38.5 Å². The van der Waals surface area contributed by atoms with Crippen molar-refractivity contribution < 1.29 is 4.79 Å². The highest BCUT2D eigenvalue weighted by molar-refractivity contribution is 6.76. The van der Waals surface area contributed by atoms with Crippen molar-refractivity contribution in [2.75, 3.05) is 5.32 Å². The van der Waals surface area contributed by atoms with Gasteiger partial charge >= 0.3 is 0 Å². The first-order valence-corrected chi connectivity index (χ1v) is 9.39. The standard InChI is InChI=1S/C12H20N2OSi/c1-16(2,3)10-6-8-12(15)14-11-7-4-5-9-13-11/h4-5,7,9H,6,8,10H2,1-3H3,(H,13,14,15). The zero-order valence-electron chi connectivity index (χ0n) is 10.3. The minimum atomic E-state index is -1.01. The molecule has 1 rings (SSSR count). The Balaban J connectivity index is 2.27. The van der Waals surface area contributed by atoms with E-state index in [1.165, 1.54) is 6.04 Å². The van der Waals surface area contributed by atoms with E-state index in [9.17, 15) is 4.79 Å². The summed E-state index contributed by atoms with van der Waals surface area (Å²) in [5.41, 5.74) is 0. The Hall–Kier alpha value is -1.16. The Morgan fingerprint density at radius 2 is 2.12 bits per heavy atom. The predicted octanol–water partition coefficient (Wildman–Crippen LogP) is 3.14. The Kier molecular flexibility index (Phi) is 4.67. The largest absolute Gasteiger partial charge is 0.311 e. The van der Waals surface area contributed by atoms with Crippen molar-refractivity contribution in [1.29, 1.82) is 0 Å². The van der Waals surface area contributed by atoms with Crippen LogP contribution < -0.4 is 5.32 Å². The number of nitrogens with one attached hydrogen (secondary N) is 1. The number of anilines is 1. The summed E-state index contributed by atoms with van der Waals surface area (Å²) in [6.45, 7) is 6.97. The van der Waals surface area contributed by atoms with Gasteiger partial charge in [0, 0.05) is 20.7 Å². The molecule has 0 saturated carbocycles. The van der Waals surface area contributed by atoms with Crippen molar-refractivity contribution >= 4 is 19.8 Å². The van der Waals surface area contributed by atoms with Crippen LogP contribution in [0.25, 0.3) is 0 Å². The summed E-state index contributed by atoms with van der Waals surface area (Å²) in [4.78, 5) is 15.6. The molecular weight excluding hydrogens is 216 g/mol. The van der Waals surface area contributed by atoms with E-state index >= 15 is 0 Å². The highest BCUT2D eigenvalue weighted by Crippen LogP contribution is 2.13. The lowest BCUT2D eigenvalue weighted by Gasteiger charge is -2.14. The fourth-order valence-corrected chi connectivity index (χ4v) is 2.66. The average molecular weight is 236 g/mol. The SMILES string of the molecule is C[Si](C)(C)CCCC(=O)Nc1ccccn1. The molecule has 4 heteroatoms. The summed E-state index contributed by atoms with van der Waals surface area (Å²) >= 11 is 0. The number of aromatic nitrogens is 1. The molecular formula is C12H20N2OSi. The molecule has 1 aromatic heterocycles. The number of carbonyl (C=O) groups is 1. The highest BCUT2D eigenvalue weighted by Gasteiger charge is 2.13. The van der Waals surface area contributed by atoms with Crippen LogP contribution in [0.5, 0.6) is 0 Å². The fourth-order valence-electron chi connectivity index (χ4n) is 1.42. The third kappa shape index (κ3) is 5.65. The van der Waals surface area contributed by atoms with Gasteiger partial charge in [0.05, 0.1) is 0 Å². The summed E-state index contributed by atoms with van der Waals surface area (Å²) in [6, 6.07) is 6.70. The number of hydrogen-bond donors (Lipinski definition) is 1. The summed E-state index contributed by atoms with van der Waals surface area (Å²) in [5, 5.41) is 2.79. The van der Waals surface area contributed by atoms with E-state index in [-0.39, 0.29) is 5.91 Å². The van der Waals surface area contributed by atoms with Crippen LogP contribution in [0.15, 0.2) is 24.4 Å². The Morgan fingerprint density at radius 3 is 2.69 bits per heavy atom. The zero-order valence-corrected chi connectivity index (χ0v) is 11.3. The Bertz CT molecular complexity index is 333. The van der Waals surface area contributed by atoms with E-state index < -0.39 is 8.07 Å². The third-order valence-corrected chi connectivity index (χ3v) is 4.12. The van der Waals surface area contributed by atoms with Crippen LogP contribution in [-0.2, 0) is 4.79 Å². The van der Waals surface area contributed by atoms with Gasteiger partial charge in [0.15, 0.2) is 0 Å². The number of rotatable bonds is 5. The van der Waals surface area contributed by atoms with Gasteiger partial charge in [-0.2, -0.15) is 0 Å². The van der Waals surface area contributed by atoms with Crippen molar-refractivity contribution in [3.8, 4) is 0 Å². The minimum Gasteiger partial charge on any atom is -0.311 e. The maximum Gasteiger partial charge on any atom is 0.225 e. The molecule has 0 aliphatic heterocycles. The van der Waals surface area contributed by atoms with E-state index in [2.05, 4.69) is 29.9 Å². The van der Waals surface area contributed by atoms with E-state index in [1.54, 1.807) is 12.3 Å². The van der Waals surface area contributed by atoms with Gasteiger partial charge in [-0.05, 0) is 18.6 Å². The highest BCUT2D eigenvalue weighted by atomic mass is 28.3. The van der Waals surface area contributed by atoms with Gasteiger partial charge in [0.1, 0.15) is 5.82 Å². The maximum atomic E-state index is 11.6. The molecule has 1 heterocycles. The summed E-state index contributed by atoms with van der Waals surface area (Å²) in [7, 11) is -1.01. The second-order valence-electron chi connectivity index (χ2n) is 5.18. The van der Waals surface area contributed by atoms with Crippen molar-refractivity contribution in [3.63, 3.8) is 0 Å². The predicted molar refractivity (Wildman–Crippen MR) is 70.3 cm³/mol. The van der Waals surface area contributed by atoms with Gasteiger partial charge in [-0.3, -0.25) is 4.79 Å². The van der Waals surface area contributed by atoms with E-state index in [0.29, 0.717) is 12.2 Å². The molecule has 0 fully saturated rings. The number of carbonyl (C=O) groups excluding carboxylic acids is 1. The fraction of sp³-hybridized carbons (Fsp3) is 0.500. The molecule has 0 spiro atoms. The summed E-state index contributed by atoms with van der Waals surface area (Å²) < 4.78 is 0. The van der Waals surface area contributed by atoms with E-state index in [4.69, 9.17) is 0 Å². The van der Waals surface area contributed by atoms with Gasteiger partial charge in [0.25, 0.3) is 0 Å². The maximum absolute atomic E-state index is 11.6. The molecule has 3 nitrogen and oxygen atoms in total. The molecule has 0 aromatic carbocycles. The molecule has 1 aromatic rings. The van der Waals surface area contributed by atoms with Crippen LogP contribution in [0, 0.1) is 0 Å². The van der Waals surface area contributed by atoms with Crippen molar-refractivity contribution in [3.05, 3.63) is 24.4 Å². The first kappa shape index (κ1) is 12.9. The lowest BCUT2D eigenvalue weighted by Crippen LogP contribution is -2.20. The molecule has 0 saturated heterocycles. The first-order valence-electron chi connectivity index (χ1n) is 5.68. The smallest absolute Gasteiger partial charge is 0.225 e. The molecule has 0 aliphatic rings. The van der Waals surface area contributed by atoms with E-state index in [1.807, 2.05) is 12.1 Å². The van der Waals surface area contributed by atoms with Gasteiger partial charge in [0.2, 0.25) is 5.91 Å².